The van der Waals surface area contributed by atoms with Gasteiger partial charge < -0.3 is 9.15 Å². The smallest absolute Gasteiger partial charge is 0.176 e. The molecule has 4 nitrogen and oxygen atoms in total. The molecule has 30 heavy (non-hydrogen) atoms. The third-order valence-corrected chi connectivity index (χ3v) is 5.67. The van der Waals surface area contributed by atoms with E-state index in [1.54, 1.807) is 19.5 Å². The minimum atomic E-state index is 0.778. The van der Waals surface area contributed by atoms with Crippen LogP contribution in [0.15, 0.2) is 83.6 Å². The van der Waals surface area contributed by atoms with Crippen LogP contribution in [0.5, 0.6) is 5.75 Å². The first-order valence-corrected chi connectivity index (χ1v) is 10.3. The molecule has 0 unspecified atom stereocenters. The Morgan fingerprint density at radius 1 is 1.00 bits per heavy atom. The van der Waals surface area contributed by atoms with Crippen molar-refractivity contribution in [2.75, 3.05) is 20.2 Å². The molecule has 2 aromatic carbocycles. The average molecular weight is 396 g/mol. The van der Waals surface area contributed by atoms with Gasteiger partial charge in [0, 0.05) is 43.0 Å². The molecule has 1 aliphatic rings. The van der Waals surface area contributed by atoms with E-state index in [1.165, 1.54) is 16.7 Å². The molecular weight excluding hydrogens is 372 g/mol. The Morgan fingerprint density at radius 2 is 1.83 bits per heavy atom. The Hall–Kier alpha value is -3.37. The quantitative estimate of drug-likeness (QED) is 0.428. The maximum atomic E-state index is 6.11. The Labute approximate surface area is 176 Å². The van der Waals surface area contributed by atoms with E-state index >= 15 is 0 Å². The molecule has 2 aromatic heterocycles. The predicted octanol–water partition coefficient (Wildman–Crippen LogP) is 5.79. The van der Waals surface area contributed by atoms with Gasteiger partial charge in [-0.15, -0.1) is 0 Å². The van der Waals surface area contributed by atoms with Crippen LogP contribution >= 0.6 is 0 Å². The summed E-state index contributed by atoms with van der Waals surface area (Å²) in [5.74, 6) is 1.61. The van der Waals surface area contributed by atoms with E-state index in [0.717, 1.165) is 54.1 Å². The summed E-state index contributed by atoms with van der Waals surface area (Å²) >= 11 is 0. The van der Waals surface area contributed by atoms with E-state index < -0.39 is 0 Å². The van der Waals surface area contributed by atoms with Gasteiger partial charge in [-0.05, 0) is 53.5 Å². The van der Waals surface area contributed by atoms with Gasteiger partial charge >= 0.3 is 0 Å². The number of nitrogens with zero attached hydrogens (tertiary/aromatic N) is 2. The lowest BCUT2D eigenvalue weighted by atomic mass is 9.99. The molecule has 0 aliphatic carbocycles. The lowest BCUT2D eigenvalue weighted by molar-refractivity contribution is 0.293. The van der Waals surface area contributed by atoms with E-state index in [9.17, 15) is 0 Å². The molecule has 0 spiro atoms. The molecule has 0 N–H and O–H groups in total. The Balaban J connectivity index is 1.38. The number of hydrogen-bond acceptors (Lipinski definition) is 4. The van der Waals surface area contributed by atoms with Crippen LogP contribution in [0.25, 0.3) is 27.9 Å². The third-order valence-electron chi connectivity index (χ3n) is 5.67. The molecule has 1 aliphatic heterocycles. The van der Waals surface area contributed by atoms with Gasteiger partial charge in [0.15, 0.2) is 11.3 Å². The zero-order chi connectivity index (χ0) is 20.3. The number of aromatic nitrogens is 1. The highest BCUT2D eigenvalue weighted by molar-refractivity contribution is 5.88. The fourth-order valence-electron chi connectivity index (χ4n) is 4.11. The first-order chi connectivity index (χ1) is 14.8. The minimum absolute atomic E-state index is 0.778. The van der Waals surface area contributed by atoms with E-state index in [1.807, 2.05) is 12.1 Å². The standard InChI is InChI=1S/C26H24N2O2/c1-29-25-16-19(15-23-17-24(30-26(23)25)22-7-11-27-12-8-22)18-28-13-9-21(10-14-28)20-5-3-2-4-6-20/h2-9,11-12,15-17H,10,13-14,18H2,1H3. The molecule has 4 heteroatoms. The molecule has 150 valence electrons. The molecule has 0 saturated heterocycles. The normalized spacial score (nSPS) is 14.6. The van der Waals surface area contributed by atoms with Crippen molar-refractivity contribution in [3.63, 3.8) is 0 Å². The summed E-state index contributed by atoms with van der Waals surface area (Å²) in [5.41, 5.74) is 5.81. The highest BCUT2D eigenvalue weighted by atomic mass is 16.5. The van der Waals surface area contributed by atoms with Gasteiger partial charge in [-0.3, -0.25) is 9.88 Å². The Kier molecular flexibility index (Phi) is 5.08. The van der Waals surface area contributed by atoms with E-state index in [0.29, 0.717) is 0 Å². The fourth-order valence-corrected chi connectivity index (χ4v) is 4.11. The lowest BCUT2D eigenvalue weighted by Crippen LogP contribution is -2.28. The van der Waals surface area contributed by atoms with Crippen molar-refractivity contribution in [2.24, 2.45) is 0 Å². The van der Waals surface area contributed by atoms with Crippen LogP contribution in [0.4, 0.5) is 0 Å². The Morgan fingerprint density at radius 3 is 2.57 bits per heavy atom. The highest BCUT2D eigenvalue weighted by Crippen LogP contribution is 2.35. The van der Waals surface area contributed by atoms with Crippen LogP contribution in [0.1, 0.15) is 17.5 Å². The van der Waals surface area contributed by atoms with Gasteiger partial charge in [-0.2, -0.15) is 0 Å². The van der Waals surface area contributed by atoms with Gasteiger partial charge in [0.05, 0.1) is 7.11 Å². The monoisotopic (exact) mass is 396 g/mol. The Bertz CT molecular complexity index is 1180. The van der Waals surface area contributed by atoms with Gasteiger partial charge in [0.1, 0.15) is 5.76 Å². The lowest BCUT2D eigenvalue weighted by Gasteiger charge is -2.26. The topological polar surface area (TPSA) is 38.5 Å². The largest absolute Gasteiger partial charge is 0.493 e. The molecule has 3 heterocycles. The van der Waals surface area contributed by atoms with Crippen molar-refractivity contribution in [2.45, 2.75) is 13.0 Å². The second-order valence-corrected chi connectivity index (χ2v) is 7.64. The summed E-state index contributed by atoms with van der Waals surface area (Å²) in [7, 11) is 1.70. The summed E-state index contributed by atoms with van der Waals surface area (Å²) in [6.07, 6.45) is 6.98. The maximum absolute atomic E-state index is 6.11. The van der Waals surface area contributed by atoms with Crippen molar-refractivity contribution in [1.82, 2.24) is 9.88 Å². The fraction of sp³-hybridized carbons (Fsp3) is 0.192. The molecule has 0 radical (unpaired) electrons. The van der Waals surface area contributed by atoms with Gasteiger partial charge in [-0.1, -0.05) is 36.4 Å². The van der Waals surface area contributed by atoms with E-state index in [-0.39, 0.29) is 0 Å². The minimum Gasteiger partial charge on any atom is -0.493 e. The molecule has 4 aromatic rings. The second kappa shape index (κ2) is 8.17. The molecule has 0 saturated carbocycles. The number of furan rings is 1. The number of methoxy groups -OCH3 is 1. The highest BCUT2D eigenvalue weighted by Gasteiger charge is 2.16. The molecule has 0 bridgehead atoms. The number of pyridine rings is 1. The first-order valence-electron chi connectivity index (χ1n) is 10.3. The summed E-state index contributed by atoms with van der Waals surface area (Å²) in [6.45, 7) is 2.90. The molecule has 0 atom stereocenters. The predicted molar refractivity (Wildman–Crippen MR) is 120 cm³/mol. The van der Waals surface area contributed by atoms with Crippen molar-refractivity contribution in [3.05, 3.63) is 90.3 Å². The van der Waals surface area contributed by atoms with E-state index in [2.05, 4.69) is 64.5 Å². The number of fused-ring (bicyclic) bond motifs is 1. The van der Waals surface area contributed by atoms with Crippen LogP contribution in [-0.4, -0.2) is 30.1 Å². The number of benzene rings is 2. The summed E-state index contributed by atoms with van der Waals surface area (Å²) < 4.78 is 11.8. The van der Waals surface area contributed by atoms with Crippen molar-refractivity contribution in [1.29, 1.82) is 0 Å². The second-order valence-electron chi connectivity index (χ2n) is 7.64. The molecule has 0 fully saturated rings. The van der Waals surface area contributed by atoms with Crippen LogP contribution in [0, 0.1) is 0 Å². The van der Waals surface area contributed by atoms with Crippen LogP contribution in [0.3, 0.4) is 0 Å². The van der Waals surface area contributed by atoms with Crippen molar-refractivity contribution >= 4 is 16.5 Å². The van der Waals surface area contributed by atoms with Crippen LogP contribution in [-0.2, 0) is 6.54 Å². The summed E-state index contributed by atoms with van der Waals surface area (Å²) in [6, 6.07) is 21.0. The van der Waals surface area contributed by atoms with Gasteiger partial charge in [-0.25, -0.2) is 0 Å². The number of ether oxygens (including phenoxy) is 1. The van der Waals surface area contributed by atoms with Crippen molar-refractivity contribution < 1.29 is 9.15 Å². The number of hydrogen-bond donors (Lipinski definition) is 0. The third kappa shape index (κ3) is 3.74. The molecule has 0 amide bonds. The maximum Gasteiger partial charge on any atom is 0.176 e. The van der Waals surface area contributed by atoms with Crippen molar-refractivity contribution in [3.8, 4) is 17.1 Å². The zero-order valence-electron chi connectivity index (χ0n) is 17.0. The average Bonchev–Trinajstić information content (AvgIpc) is 3.24. The van der Waals surface area contributed by atoms with E-state index in [4.69, 9.17) is 9.15 Å². The van der Waals surface area contributed by atoms with Gasteiger partial charge in [0.25, 0.3) is 0 Å². The van der Waals surface area contributed by atoms with Crippen LogP contribution in [0.2, 0.25) is 0 Å². The van der Waals surface area contributed by atoms with Crippen LogP contribution < -0.4 is 4.74 Å². The summed E-state index contributed by atoms with van der Waals surface area (Å²) in [5, 5.41) is 1.06. The summed E-state index contributed by atoms with van der Waals surface area (Å²) in [4.78, 5) is 6.55. The molecule has 5 rings (SSSR count). The van der Waals surface area contributed by atoms with Gasteiger partial charge in [0.2, 0.25) is 0 Å². The molecular formula is C26H24N2O2. The zero-order valence-corrected chi connectivity index (χ0v) is 17.0. The SMILES string of the molecule is COc1cc(CN2CC=C(c3ccccc3)CC2)cc2cc(-c3ccncc3)oc12. The first kappa shape index (κ1) is 18.6. The number of rotatable bonds is 5.